The Balaban J connectivity index is 2.38. The molecule has 1 rings (SSSR count). The van der Waals surface area contributed by atoms with E-state index in [-0.39, 0.29) is 13.0 Å². The van der Waals surface area contributed by atoms with E-state index in [1.165, 1.54) is 0 Å². The van der Waals surface area contributed by atoms with Gasteiger partial charge >= 0.3 is 12.1 Å². The summed E-state index contributed by atoms with van der Waals surface area (Å²) in [7, 11) is 0. The number of alkyl halides is 3. The molecule has 0 bridgehead atoms. The average molecular weight is 238 g/mol. The van der Waals surface area contributed by atoms with E-state index in [1.807, 2.05) is 0 Å². The van der Waals surface area contributed by atoms with Crippen molar-refractivity contribution in [3.8, 4) is 0 Å². The van der Waals surface area contributed by atoms with Crippen LogP contribution in [0.2, 0.25) is 0 Å². The molecule has 0 saturated carbocycles. The van der Waals surface area contributed by atoms with Gasteiger partial charge in [-0.15, -0.1) is 0 Å². The first-order chi connectivity index (χ1) is 7.34. The van der Waals surface area contributed by atoms with Gasteiger partial charge in [0.25, 0.3) is 0 Å². The summed E-state index contributed by atoms with van der Waals surface area (Å²) in [6.07, 6.45) is -5.51. The van der Waals surface area contributed by atoms with Gasteiger partial charge in [-0.2, -0.15) is 13.2 Å². The lowest BCUT2D eigenvalue weighted by Crippen LogP contribution is -2.50. The molecule has 1 aliphatic heterocycles. The third kappa shape index (κ3) is 3.23. The highest BCUT2D eigenvalue weighted by Gasteiger charge is 2.51. The highest BCUT2D eigenvalue weighted by atomic mass is 19.4. The summed E-state index contributed by atoms with van der Waals surface area (Å²) >= 11 is 0. The fraction of sp³-hybridized carbons (Fsp3) is 0.700. The number of esters is 1. The van der Waals surface area contributed by atoms with Gasteiger partial charge in [-0.1, -0.05) is 6.58 Å². The number of halogens is 3. The van der Waals surface area contributed by atoms with E-state index in [2.05, 4.69) is 11.3 Å². The number of carbonyl (C=O) groups is 1. The van der Waals surface area contributed by atoms with Crippen LogP contribution < -0.4 is 0 Å². The number of rotatable bonds is 4. The lowest BCUT2D eigenvalue weighted by Gasteiger charge is -2.38. The molecule has 1 heterocycles. The second kappa shape index (κ2) is 4.86. The molecule has 0 spiro atoms. The van der Waals surface area contributed by atoms with Crippen LogP contribution in [0.4, 0.5) is 13.2 Å². The molecule has 1 saturated heterocycles. The van der Waals surface area contributed by atoms with E-state index < -0.39 is 30.3 Å². The molecule has 3 atom stereocenters. The van der Waals surface area contributed by atoms with Gasteiger partial charge in [-0.25, -0.2) is 4.79 Å². The molecule has 1 aliphatic rings. The van der Waals surface area contributed by atoms with Crippen LogP contribution in [0.5, 0.6) is 0 Å². The van der Waals surface area contributed by atoms with E-state index in [0.717, 1.165) is 6.08 Å². The van der Waals surface area contributed by atoms with Gasteiger partial charge in [0.05, 0.1) is 12.7 Å². The molecule has 1 fully saturated rings. The molecule has 16 heavy (non-hydrogen) atoms. The van der Waals surface area contributed by atoms with Crippen LogP contribution in [-0.4, -0.2) is 31.0 Å². The quantitative estimate of drug-likeness (QED) is 0.555. The van der Waals surface area contributed by atoms with Crippen LogP contribution in [0.1, 0.15) is 13.3 Å². The van der Waals surface area contributed by atoms with Gasteiger partial charge in [-0.05, 0) is 13.3 Å². The molecule has 0 amide bonds. The molecule has 3 nitrogen and oxygen atoms in total. The van der Waals surface area contributed by atoms with Crippen LogP contribution >= 0.6 is 0 Å². The number of ether oxygens (including phenoxy) is 2. The molecule has 0 N–H and O–H groups in total. The average Bonchev–Trinajstić information content (AvgIpc) is 2.09. The highest BCUT2D eigenvalue weighted by Crippen LogP contribution is 2.37. The zero-order valence-corrected chi connectivity index (χ0v) is 8.79. The largest absolute Gasteiger partial charge is 0.460 e. The Labute approximate surface area is 91.2 Å². The molecule has 92 valence electrons. The second-order valence-corrected chi connectivity index (χ2v) is 3.74. The number of carbonyl (C=O) groups excluding carboxylic acids is 1. The van der Waals surface area contributed by atoms with E-state index in [0.29, 0.717) is 0 Å². The van der Waals surface area contributed by atoms with Crippen molar-refractivity contribution in [2.75, 3.05) is 6.61 Å². The van der Waals surface area contributed by atoms with Crippen molar-refractivity contribution in [3.63, 3.8) is 0 Å². The Morgan fingerprint density at radius 3 is 2.69 bits per heavy atom. The standard InChI is InChI=1S/C10H13F3O3/c1-3-8(14)16-6(2)4-7-5-15-9(7)10(11,12)13/h3,6-7,9H,1,4-5H2,2H3. The second-order valence-electron chi connectivity index (χ2n) is 3.74. The smallest absolute Gasteiger partial charge is 0.414 e. The van der Waals surface area contributed by atoms with Crippen LogP contribution in [0, 0.1) is 5.92 Å². The summed E-state index contributed by atoms with van der Waals surface area (Å²) in [5.74, 6) is -1.26. The maximum Gasteiger partial charge on any atom is 0.414 e. The molecule has 0 aromatic carbocycles. The predicted molar refractivity (Wildman–Crippen MR) is 49.7 cm³/mol. The summed E-state index contributed by atoms with van der Waals surface area (Å²) in [6.45, 7) is 4.81. The number of hydrogen-bond acceptors (Lipinski definition) is 3. The summed E-state index contributed by atoms with van der Waals surface area (Å²) < 4.78 is 46.1. The molecule has 0 aromatic heterocycles. The van der Waals surface area contributed by atoms with E-state index in [9.17, 15) is 18.0 Å². The maximum atomic E-state index is 12.3. The minimum absolute atomic E-state index is 0.0557. The first-order valence-electron chi connectivity index (χ1n) is 4.86. The lowest BCUT2D eigenvalue weighted by atomic mass is 9.91. The molecular weight excluding hydrogens is 225 g/mol. The lowest BCUT2D eigenvalue weighted by molar-refractivity contribution is -0.291. The Hall–Kier alpha value is -1.04. The van der Waals surface area contributed by atoms with Crippen molar-refractivity contribution in [1.82, 2.24) is 0 Å². The Kier molecular flexibility index (Phi) is 3.96. The van der Waals surface area contributed by atoms with E-state index in [1.54, 1.807) is 6.92 Å². The van der Waals surface area contributed by atoms with Gasteiger partial charge in [0.1, 0.15) is 0 Å². The molecule has 0 aliphatic carbocycles. The Morgan fingerprint density at radius 1 is 1.69 bits per heavy atom. The SMILES string of the molecule is C=CC(=O)OC(C)CC1COC1C(F)(F)F. The van der Waals surface area contributed by atoms with Crippen molar-refractivity contribution < 1.29 is 27.4 Å². The van der Waals surface area contributed by atoms with Crippen molar-refractivity contribution in [2.24, 2.45) is 5.92 Å². The van der Waals surface area contributed by atoms with Crippen molar-refractivity contribution >= 4 is 5.97 Å². The van der Waals surface area contributed by atoms with Crippen LogP contribution in [0.3, 0.4) is 0 Å². The Bertz CT molecular complexity index is 275. The summed E-state index contributed by atoms with van der Waals surface area (Å²) in [4.78, 5) is 10.8. The maximum absolute atomic E-state index is 12.3. The monoisotopic (exact) mass is 238 g/mol. The van der Waals surface area contributed by atoms with Gasteiger partial charge in [0.2, 0.25) is 0 Å². The summed E-state index contributed by atoms with van der Waals surface area (Å²) in [5, 5.41) is 0. The number of hydrogen-bond donors (Lipinski definition) is 0. The third-order valence-electron chi connectivity index (χ3n) is 2.36. The zero-order valence-electron chi connectivity index (χ0n) is 8.79. The van der Waals surface area contributed by atoms with Gasteiger partial charge in [-0.3, -0.25) is 0 Å². The fourth-order valence-corrected chi connectivity index (χ4v) is 1.60. The topological polar surface area (TPSA) is 35.5 Å². The molecule has 0 aromatic rings. The van der Waals surface area contributed by atoms with Gasteiger partial charge < -0.3 is 9.47 Å². The van der Waals surface area contributed by atoms with Crippen molar-refractivity contribution in [1.29, 1.82) is 0 Å². The van der Waals surface area contributed by atoms with E-state index >= 15 is 0 Å². The minimum Gasteiger partial charge on any atom is -0.460 e. The Morgan fingerprint density at radius 2 is 2.31 bits per heavy atom. The van der Waals surface area contributed by atoms with E-state index in [4.69, 9.17) is 4.74 Å². The zero-order chi connectivity index (χ0) is 12.3. The summed E-state index contributed by atoms with van der Waals surface area (Å²) in [6, 6.07) is 0. The molecular formula is C10H13F3O3. The van der Waals surface area contributed by atoms with Crippen LogP contribution in [-0.2, 0) is 14.3 Å². The first-order valence-corrected chi connectivity index (χ1v) is 4.86. The third-order valence-corrected chi connectivity index (χ3v) is 2.36. The molecule has 0 radical (unpaired) electrons. The highest BCUT2D eigenvalue weighted by molar-refractivity contribution is 5.81. The van der Waals surface area contributed by atoms with Gasteiger partial charge in [0.15, 0.2) is 6.10 Å². The summed E-state index contributed by atoms with van der Waals surface area (Å²) in [5.41, 5.74) is 0. The normalized spacial score (nSPS) is 26.8. The fourth-order valence-electron chi connectivity index (χ4n) is 1.60. The van der Waals surface area contributed by atoms with Gasteiger partial charge in [0, 0.05) is 12.0 Å². The van der Waals surface area contributed by atoms with Crippen molar-refractivity contribution in [3.05, 3.63) is 12.7 Å². The molecule has 6 heteroatoms. The van der Waals surface area contributed by atoms with Crippen LogP contribution in [0.15, 0.2) is 12.7 Å². The predicted octanol–water partition coefficient (Wildman–Crippen LogP) is 2.07. The van der Waals surface area contributed by atoms with Crippen LogP contribution in [0.25, 0.3) is 0 Å². The van der Waals surface area contributed by atoms with Crippen molar-refractivity contribution in [2.45, 2.75) is 31.7 Å². The minimum atomic E-state index is -4.34. The first kappa shape index (κ1) is 13.0. The molecule has 3 unspecified atom stereocenters.